The molecule has 6 rings (SSSR count). The van der Waals surface area contributed by atoms with E-state index >= 15 is 0 Å². The van der Waals surface area contributed by atoms with Crippen LogP contribution in [0.5, 0.6) is 0 Å². The van der Waals surface area contributed by atoms with Crippen molar-refractivity contribution in [1.82, 2.24) is 14.5 Å². The Morgan fingerprint density at radius 1 is 1.15 bits per heavy atom. The molecule has 3 aromatic rings. The third-order valence-electron chi connectivity index (χ3n) is 7.69. The molecule has 33 heavy (non-hydrogen) atoms. The summed E-state index contributed by atoms with van der Waals surface area (Å²) in [5.41, 5.74) is 2.26. The van der Waals surface area contributed by atoms with Crippen molar-refractivity contribution in [2.24, 2.45) is 5.92 Å². The van der Waals surface area contributed by atoms with E-state index in [4.69, 9.17) is 0 Å². The van der Waals surface area contributed by atoms with Gasteiger partial charge < -0.3 is 9.88 Å². The van der Waals surface area contributed by atoms with Crippen molar-refractivity contribution < 1.29 is 8.78 Å². The van der Waals surface area contributed by atoms with E-state index < -0.39 is 5.92 Å². The zero-order valence-corrected chi connectivity index (χ0v) is 19.2. The number of benzene rings is 1. The van der Waals surface area contributed by atoms with Crippen molar-refractivity contribution in [1.29, 1.82) is 0 Å². The van der Waals surface area contributed by atoms with Crippen LogP contribution in [0.3, 0.4) is 0 Å². The lowest BCUT2D eigenvalue weighted by Gasteiger charge is -2.29. The van der Waals surface area contributed by atoms with Crippen molar-refractivity contribution in [3.63, 3.8) is 0 Å². The molecule has 1 N–H and O–H groups in total. The van der Waals surface area contributed by atoms with Gasteiger partial charge in [0.15, 0.2) is 0 Å². The van der Waals surface area contributed by atoms with Crippen molar-refractivity contribution in [3.8, 4) is 0 Å². The number of anilines is 1. The van der Waals surface area contributed by atoms with Crippen molar-refractivity contribution in [2.45, 2.75) is 76.8 Å². The van der Waals surface area contributed by atoms with Crippen LogP contribution in [0.15, 0.2) is 41.6 Å². The van der Waals surface area contributed by atoms with Gasteiger partial charge in [-0.3, -0.25) is 4.79 Å². The molecule has 1 aromatic carbocycles. The predicted octanol–water partition coefficient (Wildman–Crippen LogP) is 5.76. The van der Waals surface area contributed by atoms with Crippen LogP contribution < -0.4 is 10.9 Å². The first kappa shape index (κ1) is 22.0. The summed E-state index contributed by atoms with van der Waals surface area (Å²) in [6.45, 7) is 4.40. The van der Waals surface area contributed by atoms with Gasteiger partial charge in [-0.05, 0) is 55.6 Å². The maximum Gasteiger partial charge on any atom is 0.273 e. The second-order valence-electron chi connectivity index (χ2n) is 9.38. The van der Waals surface area contributed by atoms with Crippen LogP contribution in [0, 0.1) is 5.92 Å². The van der Waals surface area contributed by atoms with Crippen LogP contribution in [-0.2, 0) is 24.4 Å². The quantitative estimate of drug-likeness (QED) is 0.547. The van der Waals surface area contributed by atoms with E-state index in [0.717, 1.165) is 41.7 Å². The smallest absolute Gasteiger partial charge is 0.273 e. The maximum absolute atomic E-state index is 14.1. The monoisotopic (exact) mass is 452 g/mol. The molecule has 2 saturated carbocycles. The molecule has 2 bridgehead atoms. The highest BCUT2D eigenvalue weighted by Gasteiger charge is 2.46. The Balaban J connectivity index is 0.00000111. The molecule has 0 atom stereocenters. The number of nitrogens with one attached hydrogen (secondary N) is 1. The second kappa shape index (κ2) is 8.19. The summed E-state index contributed by atoms with van der Waals surface area (Å²) in [4.78, 5) is 21.6. The van der Waals surface area contributed by atoms with Gasteiger partial charge in [0.1, 0.15) is 12.1 Å². The van der Waals surface area contributed by atoms with E-state index in [-0.39, 0.29) is 23.1 Å². The zero-order valence-electron chi connectivity index (χ0n) is 19.2. The number of aromatic nitrogens is 3. The lowest BCUT2D eigenvalue weighted by atomic mass is 9.93. The van der Waals surface area contributed by atoms with Crippen molar-refractivity contribution >= 4 is 16.7 Å². The average molecular weight is 453 g/mol. The van der Waals surface area contributed by atoms with Gasteiger partial charge in [0.2, 0.25) is 0 Å². The van der Waals surface area contributed by atoms with Crippen molar-refractivity contribution in [2.75, 3.05) is 5.32 Å². The molecule has 3 aliphatic carbocycles. The Morgan fingerprint density at radius 2 is 1.94 bits per heavy atom. The first-order valence-electron chi connectivity index (χ1n) is 12.1. The summed E-state index contributed by atoms with van der Waals surface area (Å²) in [6.07, 6.45) is 9.14. The van der Waals surface area contributed by atoms with Gasteiger partial charge in [0.25, 0.3) is 11.5 Å². The van der Waals surface area contributed by atoms with Gasteiger partial charge in [-0.1, -0.05) is 32.0 Å². The molecule has 7 heteroatoms. The fourth-order valence-electron chi connectivity index (χ4n) is 6.08. The molecular formula is C26H30F2N4O. The molecule has 5 nitrogen and oxygen atoms in total. The number of nitrogens with zero attached hydrogens (tertiary/aromatic N) is 3. The van der Waals surface area contributed by atoms with E-state index in [0.29, 0.717) is 24.3 Å². The maximum atomic E-state index is 14.1. The molecule has 0 unspecified atom stereocenters. The first-order valence-corrected chi connectivity index (χ1v) is 12.1. The van der Waals surface area contributed by atoms with Crippen LogP contribution in [0.25, 0.3) is 10.9 Å². The van der Waals surface area contributed by atoms with E-state index in [1.54, 1.807) is 12.1 Å². The molecule has 0 saturated heterocycles. The molecule has 2 heterocycles. The van der Waals surface area contributed by atoms with Gasteiger partial charge >= 0.3 is 0 Å². The Morgan fingerprint density at radius 3 is 2.67 bits per heavy atom. The number of halogens is 2. The number of pyridine rings is 1. The predicted molar refractivity (Wildman–Crippen MR) is 126 cm³/mol. The molecule has 2 fully saturated rings. The molecule has 0 radical (unpaired) electrons. The number of alkyl halides is 2. The van der Waals surface area contributed by atoms with Crippen molar-refractivity contribution in [3.05, 3.63) is 63.8 Å². The number of fused-ring (bicyclic) bond motifs is 4. The molecule has 0 amide bonds. The summed E-state index contributed by atoms with van der Waals surface area (Å²) in [5.74, 6) is -1.39. The number of hydrogen-bond donors (Lipinski definition) is 1. The summed E-state index contributed by atoms with van der Waals surface area (Å²) in [7, 11) is 0. The Kier molecular flexibility index (Phi) is 5.46. The standard InChI is InChI=1S/C24H24F2N4O.C2H6/c25-24(26)9-6-17-16(2-1-3-19(17)24)12-27-22-18-13-30(21(31)10-20(18)28-14-29-22)23-7-4-15(11-23)5-8-23;1-2/h1-3,10,13-15H,4-9,11-12H2,(H,27,28,29);1-2H3. The minimum Gasteiger partial charge on any atom is -0.365 e. The van der Waals surface area contributed by atoms with Crippen LogP contribution in [0.4, 0.5) is 14.6 Å². The molecule has 174 valence electrons. The van der Waals surface area contributed by atoms with E-state index in [9.17, 15) is 13.6 Å². The van der Waals surface area contributed by atoms with E-state index in [2.05, 4.69) is 15.3 Å². The zero-order chi connectivity index (χ0) is 23.2. The lowest BCUT2D eigenvalue weighted by Crippen LogP contribution is -2.37. The highest BCUT2D eigenvalue weighted by molar-refractivity contribution is 5.88. The SMILES string of the molecule is CC.O=c1cc2ncnc(NCc3cccc4c3CCC4(F)F)c2cn1C12CCC(CC1)C2. The van der Waals surface area contributed by atoms with Crippen LogP contribution in [0.1, 0.15) is 69.1 Å². The summed E-state index contributed by atoms with van der Waals surface area (Å²) < 4.78 is 30.2. The normalized spacial score (nSPS) is 24.4. The summed E-state index contributed by atoms with van der Waals surface area (Å²) in [6, 6.07) is 6.72. The third-order valence-corrected chi connectivity index (χ3v) is 7.69. The minimum atomic E-state index is -2.75. The Hall–Kier alpha value is -2.83. The first-order chi connectivity index (χ1) is 16.0. The Labute approximate surface area is 192 Å². The summed E-state index contributed by atoms with van der Waals surface area (Å²) >= 11 is 0. The van der Waals surface area contributed by atoms with Gasteiger partial charge in [-0.25, -0.2) is 18.7 Å². The molecule has 0 spiro atoms. The van der Waals surface area contributed by atoms with Gasteiger partial charge in [-0.2, -0.15) is 0 Å². The van der Waals surface area contributed by atoms with Crippen LogP contribution in [0.2, 0.25) is 0 Å². The second-order valence-corrected chi connectivity index (χ2v) is 9.38. The lowest BCUT2D eigenvalue weighted by molar-refractivity contribution is -0.00184. The van der Waals surface area contributed by atoms with Crippen LogP contribution >= 0.6 is 0 Å². The van der Waals surface area contributed by atoms with Gasteiger partial charge in [-0.15, -0.1) is 0 Å². The highest BCUT2D eigenvalue weighted by Crippen LogP contribution is 2.52. The average Bonchev–Trinajstić information content (AvgIpc) is 3.52. The van der Waals surface area contributed by atoms with Gasteiger partial charge in [0, 0.05) is 36.3 Å². The largest absolute Gasteiger partial charge is 0.365 e. The topological polar surface area (TPSA) is 59.8 Å². The number of hydrogen-bond acceptors (Lipinski definition) is 4. The summed E-state index contributed by atoms with van der Waals surface area (Å²) in [5, 5.41) is 4.12. The number of rotatable bonds is 4. The fraction of sp³-hybridized carbons (Fsp3) is 0.500. The minimum absolute atomic E-state index is 0.0113. The fourth-order valence-corrected chi connectivity index (χ4v) is 6.08. The van der Waals surface area contributed by atoms with Crippen LogP contribution in [-0.4, -0.2) is 14.5 Å². The van der Waals surface area contributed by atoms with E-state index in [1.807, 2.05) is 30.7 Å². The Bertz CT molecular complexity index is 1240. The van der Waals surface area contributed by atoms with Gasteiger partial charge in [0.05, 0.1) is 10.9 Å². The molecular weight excluding hydrogens is 422 g/mol. The molecule has 0 aliphatic heterocycles. The molecule has 2 aromatic heterocycles. The third kappa shape index (κ3) is 3.62. The van der Waals surface area contributed by atoms with E-state index in [1.165, 1.54) is 25.2 Å². The molecule has 3 aliphatic rings. The highest BCUT2D eigenvalue weighted by atomic mass is 19.3.